The number of thiophene rings is 1. The van der Waals surface area contributed by atoms with Gasteiger partial charge in [0.05, 0.1) is 31.0 Å². The number of carbonyl (C=O) groups excluding carboxylic acids is 2. The zero-order chi connectivity index (χ0) is 22.9. The molecule has 3 aliphatic rings. The van der Waals surface area contributed by atoms with Crippen LogP contribution in [0.4, 0.5) is 0 Å². The molecule has 0 unspecified atom stereocenters. The van der Waals surface area contributed by atoms with E-state index in [1.165, 1.54) is 0 Å². The highest BCUT2D eigenvalue weighted by molar-refractivity contribution is 7.09. The molecule has 1 aromatic heterocycles. The molecule has 4 heterocycles. The van der Waals surface area contributed by atoms with Gasteiger partial charge in [-0.15, -0.1) is 11.3 Å². The van der Waals surface area contributed by atoms with Crippen LogP contribution in [0.15, 0.2) is 29.7 Å². The molecular formula is C25H37N3O3S. The van der Waals surface area contributed by atoms with Gasteiger partial charge < -0.3 is 19.9 Å². The van der Waals surface area contributed by atoms with Gasteiger partial charge in [-0.1, -0.05) is 45.9 Å². The van der Waals surface area contributed by atoms with Crippen molar-refractivity contribution in [2.24, 2.45) is 23.7 Å². The van der Waals surface area contributed by atoms with Crippen LogP contribution < -0.4 is 5.32 Å². The van der Waals surface area contributed by atoms with Gasteiger partial charge in [0.2, 0.25) is 11.8 Å². The van der Waals surface area contributed by atoms with Crippen LogP contribution in [0.2, 0.25) is 0 Å². The number of amides is 2. The molecule has 4 atom stereocenters. The molecule has 1 N–H and O–H groups in total. The number of nitrogens with zero attached hydrogens (tertiary/aromatic N) is 2. The van der Waals surface area contributed by atoms with E-state index in [2.05, 4.69) is 37.9 Å². The van der Waals surface area contributed by atoms with E-state index >= 15 is 0 Å². The van der Waals surface area contributed by atoms with Crippen molar-refractivity contribution in [3.8, 4) is 0 Å². The van der Waals surface area contributed by atoms with Gasteiger partial charge in [-0.25, -0.2) is 0 Å². The maximum atomic E-state index is 13.3. The predicted octanol–water partition coefficient (Wildman–Crippen LogP) is 3.15. The van der Waals surface area contributed by atoms with Crippen molar-refractivity contribution in [1.82, 2.24) is 15.1 Å². The van der Waals surface area contributed by atoms with Crippen molar-refractivity contribution < 1.29 is 14.3 Å². The number of rotatable bonds is 11. The second-order valence-electron chi connectivity index (χ2n) is 10.4. The van der Waals surface area contributed by atoms with Crippen molar-refractivity contribution in [3.63, 3.8) is 0 Å². The lowest BCUT2D eigenvalue weighted by molar-refractivity contribution is -0.137. The molecule has 0 saturated carbocycles. The van der Waals surface area contributed by atoms with E-state index in [-0.39, 0.29) is 17.9 Å². The second kappa shape index (κ2) is 9.65. The summed E-state index contributed by atoms with van der Waals surface area (Å²) >= 11 is 1.65. The van der Waals surface area contributed by atoms with Crippen LogP contribution >= 0.6 is 11.3 Å². The van der Waals surface area contributed by atoms with Crippen molar-refractivity contribution in [2.75, 3.05) is 32.7 Å². The van der Waals surface area contributed by atoms with Gasteiger partial charge >= 0.3 is 0 Å². The Morgan fingerprint density at radius 2 is 2.06 bits per heavy atom. The van der Waals surface area contributed by atoms with Gasteiger partial charge in [-0.05, 0) is 36.2 Å². The highest BCUT2D eigenvalue weighted by atomic mass is 32.1. The molecule has 1 spiro atoms. The number of fused-ring (bicyclic) bond motifs is 1. The van der Waals surface area contributed by atoms with Crippen LogP contribution in [-0.2, 0) is 20.9 Å². The molecule has 2 fully saturated rings. The van der Waals surface area contributed by atoms with Crippen LogP contribution in [0.3, 0.4) is 0 Å². The molecule has 6 nitrogen and oxygen atoms in total. The summed E-state index contributed by atoms with van der Waals surface area (Å²) in [4.78, 5) is 31.9. The Labute approximate surface area is 196 Å². The predicted molar refractivity (Wildman–Crippen MR) is 127 cm³/mol. The number of ether oxygens (including phenoxy) is 1. The molecule has 2 amide bonds. The molecule has 0 aliphatic carbocycles. The average molecular weight is 460 g/mol. The Hall–Kier alpha value is -1.70. The summed E-state index contributed by atoms with van der Waals surface area (Å²) < 4.78 is 6.23. The molecule has 32 heavy (non-hydrogen) atoms. The Morgan fingerprint density at radius 1 is 1.31 bits per heavy atom. The number of nitrogens with one attached hydrogen (secondary N) is 1. The minimum absolute atomic E-state index is 0.0446. The third kappa shape index (κ3) is 4.80. The van der Waals surface area contributed by atoms with E-state index in [1.807, 2.05) is 34.6 Å². The zero-order valence-corrected chi connectivity index (χ0v) is 20.6. The fourth-order valence-electron chi connectivity index (χ4n) is 5.52. The van der Waals surface area contributed by atoms with E-state index in [0.29, 0.717) is 31.5 Å². The fourth-order valence-corrected chi connectivity index (χ4v) is 6.24. The third-order valence-corrected chi connectivity index (χ3v) is 7.47. The number of hydrogen-bond donors (Lipinski definition) is 1. The minimum atomic E-state index is -0.633. The number of hydrogen-bond acceptors (Lipinski definition) is 5. The largest absolute Gasteiger partial charge is 0.360 e. The normalized spacial score (nSPS) is 28.5. The molecule has 3 aliphatic heterocycles. The van der Waals surface area contributed by atoms with Crippen LogP contribution in [0.25, 0.3) is 0 Å². The summed E-state index contributed by atoms with van der Waals surface area (Å²) in [6.45, 7) is 13.9. The van der Waals surface area contributed by atoms with E-state index in [1.54, 1.807) is 11.3 Å². The van der Waals surface area contributed by atoms with E-state index in [4.69, 9.17) is 4.74 Å². The molecule has 0 aromatic carbocycles. The molecule has 1 aromatic rings. The molecule has 176 valence electrons. The highest BCUT2D eigenvalue weighted by Crippen LogP contribution is 2.52. The van der Waals surface area contributed by atoms with Crippen molar-refractivity contribution in [2.45, 2.75) is 52.4 Å². The van der Waals surface area contributed by atoms with Crippen molar-refractivity contribution in [3.05, 3.63) is 34.5 Å². The minimum Gasteiger partial charge on any atom is -0.360 e. The van der Waals surface area contributed by atoms with Gasteiger partial charge in [0.25, 0.3) is 0 Å². The Bertz CT molecular complexity index is 827. The summed E-state index contributed by atoms with van der Waals surface area (Å²) in [5.74, 6) is 0.424. The van der Waals surface area contributed by atoms with E-state index in [0.717, 1.165) is 30.9 Å². The monoisotopic (exact) mass is 459 g/mol. The number of likely N-dealkylation sites (tertiary alicyclic amines) is 1. The molecule has 0 radical (unpaired) electrons. The van der Waals surface area contributed by atoms with Gasteiger partial charge in [-0.2, -0.15) is 0 Å². The van der Waals surface area contributed by atoms with Crippen LogP contribution in [0, 0.1) is 23.7 Å². The first-order chi connectivity index (χ1) is 15.3. The average Bonchev–Trinajstić information content (AvgIpc) is 3.47. The lowest BCUT2D eigenvalue weighted by Gasteiger charge is -2.26. The van der Waals surface area contributed by atoms with E-state index in [9.17, 15) is 9.59 Å². The first-order valence-corrected chi connectivity index (χ1v) is 12.9. The Kier molecular flexibility index (Phi) is 7.08. The summed E-state index contributed by atoms with van der Waals surface area (Å²) in [5, 5.41) is 5.14. The lowest BCUT2D eigenvalue weighted by atomic mass is 9.77. The SMILES string of the molecule is CC(C)CN(CCCNC(=O)[C@@H]1[C@@H]2C=C[C@@]3(CN(Cc4cccs4)C(=O)[C@H]13)O2)CC(C)C. The summed E-state index contributed by atoms with van der Waals surface area (Å²) in [7, 11) is 0. The van der Waals surface area contributed by atoms with Crippen LogP contribution in [0.1, 0.15) is 39.0 Å². The van der Waals surface area contributed by atoms with Gasteiger partial charge in [0, 0.05) is 24.5 Å². The maximum Gasteiger partial charge on any atom is 0.230 e. The van der Waals surface area contributed by atoms with Crippen LogP contribution in [-0.4, -0.2) is 66.0 Å². The molecule has 2 bridgehead atoms. The summed E-state index contributed by atoms with van der Waals surface area (Å²) in [6, 6.07) is 4.05. The van der Waals surface area contributed by atoms with Crippen molar-refractivity contribution in [1.29, 1.82) is 0 Å². The highest BCUT2D eigenvalue weighted by Gasteiger charge is 2.66. The number of carbonyl (C=O) groups is 2. The first-order valence-electron chi connectivity index (χ1n) is 12.0. The zero-order valence-electron chi connectivity index (χ0n) is 19.8. The summed E-state index contributed by atoms with van der Waals surface area (Å²) in [5.41, 5.74) is -0.633. The van der Waals surface area contributed by atoms with Gasteiger partial charge in [0.1, 0.15) is 5.60 Å². The Balaban J connectivity index is 1.32. The van der Waals surface area contributed by atoms with Crippen molar-refractivity contribution >= 4 is 23.2 Å². The third-order valence-electron chi connectivity index (χ3n) is 6.61. The lowest BCUT2D eigenvalue weighted by Crippen LogP contribution is -2.44. The molecular weight excluding hydrogens is 422 g/mol. The molecule has 2 saturated heterocycles. The van der Waals surface area contributed by atoms with E-state index < -0.39 is 17.4 Å². The molecule has 4 rings (SSSR count). The fraction of sp³-hybridized carbons (Fsp3) is 0.680. The standard InChI is InChI=1S/C25H37N3O3S/c1-17(2)13-27(14-18(3)4)11-6-10-26-23(29)21-20-8-9-25(31-20)16-28(24(30)22(21)25)15-19-7-5-12-32-19/h5,7-9,12,17-18,20-22H,6,10-11,13-16H2,1-4H3,(H,26,29)/t20-,21+,22-,25-/m0/s1. The van der Waals surface area contributed by atoms with Gasteiger partial charge in [-0.3, -0.25) is 9.59 Å². The Morgan fingerprint density at radius 3 is 2.72 bits per heavy atom. The second-order valence-corrected chi connectivity index (χ2v) is 11.4. The van der Waals surface area contributed by atoms with Gasteiger partial charge in [0.15, 0.2) is 0 Å². The maximum absolute atomic E-state index is 13.3. The topological polar surface area (TPSA) is 61.9 Å². The quantitative estimate of drug-likeness (QED) is 0.408. The van der Waals surface area contributed by atoms with Crippen LogP contribution in [0.5, 0.6) is 0 Å². The summed E-state index contributed by atoms with van der Waals surface area (Å²) in [6.07, 6.45) is 4.63. The smallest absolute Gasteiger partial charge is 0.230 e. The first kappa shape index (κ1) is 23.5. The molecule has 7 heteroatoms.